The van der Waals surface area contributed by atoms with Gasteiger partial charge in [-0.1, -0.05) is 35.9 Å². The molecule has 1 aromatic heterocycles. The second-order valence-corrected chi connectivity index (χ2v) is 5.78. The molecule has 0 bridgehead atoms. The van der Waals surface area contributed by atoms with Gasteiger partial charge in [0, 0.05) is 27.4 Å². The van der Waals surface area contributed by atoms with Crippen LogP contribution in [0.2, 0.25) is 5.02 Å². The van der Waals surface area contributed by atoms with E-state index in [4.69, 9.17) is 17.3 Å². The zero-order valence-corrected chi connectivity index (χ0v) is 11.8. The van der Waals surface area contributed by atoms with E-state index in [-0.39, 0.29) is 0 Å². The van der Waals surface area contributed by atoms with Gasteiger partial charge in [0.25, 0.3) is 0 Å². The maximum absolute atomic E-state index is 6.17. The van der Waals surface area contributed by atoms with Crippen molar-refractivity contribution >= 4 is 40.0 Å². The Hall–Kier alpha value is -1.58. The number of hydrogen-bond donors (Lipinski definition) is 2. The standard InChI is InChI=1S/C15H13ClN2S/c16-13-8-12(17)6-5-11(13)9-19-15-7-10-3-1-2-4-14(10)18-15/h1-8,18H,9,17H2. The first kappa shape index (κ1) is 12.5. The number of anilines is 1. The molecular formula is C15H13ClN2S. The summed E-state index contributed by atoms with van der Waals surface area (Å²) < 4.78 is 0. The SMILES string of the molecule is Nc1ccc(CSc2cc3ccccc3[nH]2)c(Cl)c1. The van der Waals surface area contributed by atoms with Gasteiger partial charge in [-0.2, -0.15) is 0 Å². The van der Waals surface area contributed by atoms with Gasteiger partial charge in [0.2, 0.25) is 0 Å². The molecule has 2 aromatic carbocycles. The largest absolute Gasteiger partial charge is 0.399 e. The van der Waals surface area contributed by atoms with E-state index in [0.717, 1.165) is 26.9 Å². The molecule has 19 heavy (non-hydrogen) atoms. The highest BCUT2D eigenvalue weighted by Gasteiger charge is 2.04. The van der Waals surface area contributed by atoms with Gasteiger partial charge in [0.05, 0.1) is 5.03 Å². The second kappa shape index (κ2) is 5.19. The van der Waals surface area contributed by atoms with Gasteiger partial charge < -0.3 is 10.7 Å². The van der Waals surface area contributed by atoms with Crippen LogP contribution in [0.5, 0.6) is 0 Å². The number of aromatic amines is 1. The van der Waals surface area contributed by atoms with Crippen LogP contribution in [0.25, 0.3) is 10.9 Å². The predicted molar refractivity (Wildman–Crippen MR) is 83.7 cm³/mol. The molecule has 1 heterocycles. The van der Waals surface area contributed by atoms with E-state index in [2.05, 4.69) is 23.2 Å². The lowest BCUT2D eigenvalue weighted by atomic mass is 10.2. The van der Waals surface area contributed by atoms with Crippen LogP contribution in [-0.2, 0) is 5.75 Å². The van der Waals surface area contributed by atoms with E-state index in [1.165, 1.54) is 5.39 Å². The van der Waals surface area contributed by atoms with E-state index in [9.17, 15) is 0 Å². The van der Waals surface area contributed by atoms with Crippen molar-refractivity contribution in [3.05, 3.63) is 59.1 Å². The van der Waals surface area contributed by atoms with Crippen molar-refractivity contribution in [3.63, 3.8) is 0 Å². The number of para-hydroxylation sites is 1. The molecule has 0 fully saturated rings. The highest BCUT2D eigenvalue weighted by Crippen LogP contribution is 2.29. The lowest BCUT2D eigenvalue weighted by Gasteiger charge is -2.04. The fraction of sp³-hybridized carbons (Fsp3) is 0.0667. The molecule has 0 amide bonds. The first-order valence-electron chi connectivity index (χ1n) is 5.97. The molecular weight excluding hydrogens is 276 g/mol. The minimum atomic E-state index is 0.698. The Balaban J connectivity index is 1.78. The van der Waals surface area contributed by atoms with Gasteiger partial charge >= 0.3 is 0 Å². The van der Waals surface area contributed by atoms with E-state index >= 15 is 0 Å². The summed E-state index contributed by atoms with van der Waals surface area (Å²) in [5.41, 5.74) is 8.64. The maximum Gasteiger partial charge on any atom is 0.0735 e. The van der Waals surface area contributed by atoms with Crippen LogP contribution in [-0.4, -0.2) is 4.98 Å². The molecule has 2 nitrogen and oxygen atoms in total. The summed E-state index contributed by atoms with van der Waals surface area (Å²) >= 11 is 7.91. The Morgan fingerprint density at radius 3 is 2.74 bits per heavy atom. The molecule has 0 aliphatic rings. The van der Waals surface area contributed by atoms with Crippen molar-refractivity contribution in [2.75, 3.05) is 5.73 Å². The van der Waals surface area contributed by atoms with Crippen LogP contribution >= 0.6 is 23.4 Å². The van der Waals surface area contributed by atoms with Gasteiger partial charge in [-0.15, -0.1) is 11.8 Å². The number of fused-ring (bicyclic) bond motifs is 1. The lowest BCUT2D eigenvalue weighted by molar-refractivity contribution is 1.23. The zero-order valence-electron chi connectivity index (χ0n) is 10.2. The number of rotatable bonds is 3. The number of hydrogen-bond acceptors (Lipinski definition) is 2. The first-order valence-corrected chi connectivity index (χ1v) is 7.33. The van der Waals surface area contributed by atoms with Gasteiger partial charge in [0.15, 0.2) is 0 Å². The van der Waals surface area contributed by atoms with Crippen LogP contribution in [0.3, 0.4) is 0 Å². The highest BCUT2D eigenvalue weighted by molar-refractivity contribution is 7.98. The molecule has 96 valence electrons. The second-order valence-electron chi connectivity index (χ2n) is 4.36. The van der Waals surface area contributed by atoms with E-state index < -0.39 is 0 Å². The molecule has 3 rings (SSSR count). The number of thioether (sulfide) groups is 1. The Bertz CT molecular complexity index is 688. The normalized spacial score (nSPS) is 11.0. The Kier molecular flexibility index (Phi) is 3.40. The summed E-state index contributed by atoms with van der Waals surface area (Å²) in [6, 6.07) is 16.1. The fourth-order valence-corrected chi connectivity index (χ4v) is 3.25. The topological polar surface area (TPSA) is 41.8 Å². The van der Waals surface area contributed by atoms with Gasteiger partial charge in [0.1, 0.15) is 0 Å². The summed E-state index contributed by atoms with van der Waals surface area (Å²) in [6.45, 7) is 0. The average molecular weight is 289 g/mol. The van der Waals surface area contributed by atoms with E-state index in [0.29, 0.717) is 5.69 Å². The summed E-state index contributed by atoms with van der Waals surface area (Å²) in [5, 5.41) is 3.10. The molecule has 3 aromatic rings. The molecule has 4 heteroatoms. The molecule has 0 saturated heterocycles. The molecule has 0 spiro atoms. The Morgan fingerprint density at radius 2 is 1.95 bits per heavy atom. The van der Waals surface area contributed by atoms with Crippen molar-refractivity contribution in [3.8, 4) is 0 Å². The number of benzene rings is 2. The fourth-order valence-electron chi connectivity index (χ4n) is 1.96. The third kappa shape index (κ3) is 2.72. The number of nitrogen functional groups attached to an aromatic ring is 1. The van der Waals surface area contributed by atoms with Crippen LogP contribution in [0.15, 0.2) is 53.6 Å². The predicted octanol–water partition coefficient (Wildman–Crippen LogP) is 4.70. The van der Waals surface area contributed by atoms with E-state index in [1.807, 2.05) is 24.3 Å². The van der Waals surface area contributed by atoms with Crippen molar-refractivity contribution in [1.29, 1.82) is 0 Å². The van der Waals surface area contributed by atoms with Gasteiger partial charge in [-0.3, -0.25) is 0 Å². The summed E-state index contributed by atoms with van der Waals surface area (Å²) in [7, 11) is 0. The number of halogens is 1. The van der Waals surface area contributed by atoms with Gasteiger partial charge in [-0.25, -0.2) is 0 Å². The minimum absolute atomic E-state index is 0.698. The minimum Gasteiger partial charge on any atom is -0.399 e. The van der Waals surface area contributed by atoms with Crippen molar-refractivity contribution < 1.29 is 0 Å². The van der Waals surface area contributed by atoms with Crippen LogP contribution in [0, 0.1) is 0 Å². The highest BCUT2D eigenvalue weighted by atomic mass is 35.5. The van der Waals surface area contributed by atoms with Crippen molar-refractivity contribution in [1.82, 2.24) is 4.98 Å². The average Bonchev–Trinajstić information content (AvgIpc) is 2.80. The third-order valence-corrected chi connectivity index (χ3v) is 4.30. The van der Waals surface area contributed by atoms with Crippen molar-refractivity contribution in [2.45, 2.75) is 10.8 Å². The quantitative estimate of drug-likeness (QED) is 0.542. The lowest BCUT2D eigenvalue weighted by Crippen LogP contribution is -1.87. The molecule has 0 saturated carbocycles. The molecule has 0 aliphatic heterocycles. The van der Waals surface area contributed by atoms with E-state index in [1.54, 1.807) is 17.8 Å². The van der Waals surface area contributed by atoms with Crippen LogP contribution in [0.1, 0.15) is 5.56 Å². The summed E-state index contributed by atoms with van der Waals surface area (Å²) in [5.74, 6) is 0.825. The number of aromatic nitrogens is 1. The smallest absolute Gasteiger partial charge is 0.0735 e. The van der Waals surface area contributed by atoms with Gasteiger partial charge in [-0.05, 0) is 29.8 Å². The molecule has 3 N–H and O–H groups in total. The molecule has 0 radical (unpaired) electrons. The van der Waals surface area contributed by atoms with Crippen LogP contribution < -0.4 is 5.73 Å². The maximum atomic E-state index is 6.17. The Labute approximate surface area is 121 Å². The van der Waals surface area contributed by atoms with Crippen molar-refractivity contribution in [2.24, 2.45) is 0 Å². The van der Waals surface area contributed by atoms with Crippen LogP contribution in [0.4, 0.5) is 5.69 Å². The first-order chi connectivity index (χ1) is 9.22. The third-order valence-electron chi connectivity index (χ3n) is 2.97. The summed E-state index contributed by atoms with van der Waals surface area (Å²) in [6.07, 6.45) is 0. The molecule has 0 unspecified atom stereocenters. The number of H-pyrrole nitrogens is 1. The molecule has 0 atom stereocenters. The molecule has 0 aliphatic carbocycles. The summed E-state index contributed by atoms with van der Waals surface area (Å²) in [4.78, 5) is 3.39. The monoisotopic (exact) mass is 288 g/mol. The number of nitrogens with two attached hydrogens (primary N) is 1. The Morgan fingerprint density at radius 1 is 1.11 bits per heavy atom. The number of nitrogens with one attached hydrogen (secondary N) is 1. The zero-order chi connectivity index (χ0) is 13.2.